The Bertz CT molecular complexity index is 1640. The van der Waals surface area contributed by atoms with Crippen LogP contribution in [0.5, 0.6) is 5.75 Å². The lowest BCUT2D eigenvalue weighted by Gasteiger charge is -2.11. The second-order valence-corrected chi connectivity index (χ2v) is 8.75. The molecule has 0 bridgehead atoms. The van der Waals surface area contributed by atoms with Crippen molar-refractivity contribution in [3.8, 4) is 34.0 Å². The quantitative estimate of drug-likeness (QED) is 0.304. The van der Waals surface area contributed by atoms with Gasteiger partial charge in [0.2, 0.25) is 5.82 Å². The molecule has 2 aromatic heterocycles. The number of carboxylic acids is 1. The van der Waals surface area contributed by atoms with Crippen LogP contribution in [0.4, 0.5) is 0 Å². The molecule has 0 spiro atoms. The van der Waals surface area contributed by atoms with E-state index in [-0.39, 0.29) is 16.9 Å². The monoisotopic (exact) mass is 510 g/mol. The summed E-state index contributed by atoms with van der Waals surface area (Å²) in [6.07, 6.45) is 3.20. The fourth-order valence-corrected chi connectivity index (χ4v) is 4.60. The number of ether oxygens (including phenoxy) is 1. The van der Waals surface area contributed by atoms with E-state index in [0.29, 0.717) is 24.5 Å². The van der Waals surface area contributed by atoms with Gasteiger partial charge in [0, 0.05) is 17.5 Å². The number of nitrogens with one attached hydrogen (secondary N) is 1. The van der Waals surface area contributed by atoms with Crippen LogP contribution in [-0.4, -0.2) is 47.9 Å². The summed E-state index contributed by atoms with van der Waals surface area (Å²) in [6, 6.07) is 20.5. The molecule has 0 amide bonds. The lowest BCUT2D eigenvalue weighted by molar-refractivity contribution is 0.0696. The summed E-state index contributed by atoms with van der Waals surface area (Å²) in [4.78, 5) is 25.6. The van der Waals surface area contributed by atoms with E-state index in [1.54, 1.807) is 22.9 Å². The second kappa shape index (κ2) is 10.6. The topological polar surface area (TPSA) is 128 Å². The van der Waals surface area contributed by atoms with E-state index < -0.39 is 5.97 Å². The summed E-state index contributed by atoms with van der Waals surface area (Å²) < 4.78 is 8.48. The predicted molar refractivity (Wildman–Crippen MR) is 142 cm³/mol. The van der Waals surface area contributed by atoms with E-state index in [0.717, 1.165) is 34.4 Å². The van der Waals surface area contributed by atoms with Crippen LogP contribution in [0.25, 0.3) is 28.2 Å². The Morgan fingerprint density at radius 1 is 1.03 bits per heavy atom. The van der Waals surface area contributed by atoms with E-state index >= 15 is 0 Å². The Hall–Kier alpha value is -4.99. The van der Waals surface area contributed by atoms with E-state index in [2.05, 4.69) is 20.6 Å². The van der Waals surface area contributed by atoms with Crippen molar-refractivity contribution in [2.45, 2.75) is 26.3 Å². The van der Waals surface area contributed by atoms with Crippen LogP contribution in [0.2, 0.25) is 0 Å². The highest BCUT2D eigenvalue weighted by molar-refractivity contribution is 5.93. The van der Waals surface area contributed by atoms with Crippen molar-refractivity contribution in [1.82, 2.24) is 29.8 Å². The highest BCUT2D eigenvalue weighted by atomic mass is 16.5. The number of aromatic amines is 1. The Morgan fingerprint density at radius 2 is 1.79 bits per heavy atom. The Morgan fingerprint density at radius 3 is 2.45 bits per heavy atom. The molecular formula is C28H26N6O4. The normalized spacial score (nSPS) is 11.0. The van der Waals surface area contributed by atoms with Crippen LogP contribution >= 0.6 is 0 Å². The summed E-state index contributed by atoms with van der Waals surface area (Å²) in [5.41, 5.74) is 4.44. The maximum Gasteiger partial charge on any atom is 0.337 e. The molecule has 0 saturated heterocycles. The number of hydrogen-bond acceptors (Lipinski definition) is 6. The molecular weight excluding hydrogens is 484 g/mol. The van der Waals surface area contributed by atoms with Crippen molar-refractivity contribution >= 4 is 5.97 Å². The molecule has 2 heterocycles. The first-order valence-corrected chi connectivity index (χ1v) is 12.2. The molecule has 0 aliphatic carbocycles. The van der Waals surface area contributed by atoms with Crippen LogP contribution in [0.1, 0.15) is 35.0 Å². The van der Waals surface area contributed by atoms with Gasteiger partial charge in [-0.1, -0.05) is 67.9 Å². The zero-order valence-electron chi connectivity index (χ0n) is 21.0. The van der Waals surface area contributed by atoms with Gasteiger partial charge in [0.1, 0.15) is 11.4 Å². The molecule has 0 radical (unpaired) electrons. The van der Waals surface area contributed by atoms with Gasteiger partial charge in [-0.25, -0.2) is 9.59 Å². The summed E-state index contributed by atoms with van der Waals surface area (Å²) in [5.74, 6) is -0.303. The minimum atomic E-state index is -1.13. The number of imidazole rings is 1. The molecule has 2 N–H and O–H groups in total. The Kier molecular flexibility index (Phi) is 6.86. The van der Waals surface area contributed by atoms with E-state index in [4.69, 9.17) is 4.74 Å². The number of rotatable bonds is 9. The van der Waals surface area contributed by atoms with E-state index in [1.807, 2.05) is 55.5 Å². The number of H-pyrrole nitrogens is 1. The van der Waals surface area contributed by atoms with Gasteiger partial charge in [-0.3, -0.25) is 9.13 Å². The number of carbonyl (C=O) groups is 1. The second-order valence-electron chi connectivity index (χ2n) is 8.75. The molecule has 192 valence electrons. The van der Waals surface area contributed by atoms with E-state index in [9.17, 15) is 14.7 Å². The standard InChI is InChI=1S/C28H26N6O4/c1-3-7-20-17-34(25-23(27(35)36)10-6-11-24(25)38-2)28(37)33(20)16-18-12-14-19(15-13-18)21-8-4-5-9-22(21)26-29-31-32-30-26/h4-6,8-15,17H,3,7,16H2,1-2H3,(H,35,36)(H,29,30,31,32). The summed E-state index contributed by atoms with van der Waals surface area (Å²) in [7, 11) is 1.46. The smallest absolute Gasteiger partial charge is 0.337 e. The zero-order valence-corrected chi connectivity index (χ0v) is 21.0. The third kappa shape index (κ3) is 4.59. The first-order chi connectivity index (χ1) is 18.5. The molecule has 0 saturated carbocycles. The third-order valence-corrected chi connectivity index (χ3v) is 6.38. The molecule has 5 aromatic rings. The number of nitrogens with zero attached hydrogens (tertiary/aromatic N) is 5. The summed E-state index contributed by atoms with van der Waals surface area (Å²) >= 11 is 0. The first kappa shape index (κ1) is 24.7. The molecule has 0 atom stereocenters. The Labute approximate surface area is 218 Å². The first-order valence-electron chi connectivity index (χ1n) is 12.2. The molecule has 38 heavy (non-hydrogen) atoms. The number of benzene rings is 3. The molecule has 0 aliphatic heterocycles. The maximum absolute atomic E-state index is 13.6. The van der Waals surface area contributed by atoms with E-state index in [1.165, 1.54) is 17.7 Å². The summed E-state index contributed by atoms with van der Waals surface area (Å²) in [6.45, 7) is 2.37. The number of aromatic nitrogens is 6. The van der Waals surface area contributed by atoms with Crippen LogP contribution in [0.15, 0.2) is 77.7 Å². The van der Waals surface area contributed by atoms with Crippen molar-refractivity contribution in [3.05, 3.63) is 100 Å². The van der Waals surface area contributed by atoms with Crippen molar-refractivity contribution in [1.29, 1.82) is 0 Å². The summed E-state index contributed by atoms with van der Waals surface area (Å²) in [5, 5.41) is 24.1. The van der Waals surface area contributed by atoms with Crippen molar-refractivity contribution in [2.24, 2.45) is 0 Å². The molecule has 0 fully saturated rings. The lowest BCUT2D eigenvalue weighted by Crippen LogP contribution is -2.26. The predicted octanol–water partition coefficient (Wildman–Crippen LogP) is 4.19. The van der Waals surface area contributed by atoms with Crippen molar-refractivity contribution in [3.63, 3.8) is 0 Å². The highest BCUT2D eigenvalue weighted by Crippen LogP contribution is 2.30. The average Bonchev–Trinajstić information content (AvgIpc) is 3.58. The van der Waals surface area contributed by atoms with Crippen LogP contribution in [0.3, 0.4) is 0 Å². The number of aromatic carboxylic acids is 1. The largest absolute Gasteiger partial charge is 0.495 e. The number of tetrazole rings is 1. The molecule has 10 nitrogen and oxygen atoms in total. The minimum absolute atomic E-state index is 0.00345. The lowest BCUT2D eigenvalue weighted by atomic mass is 9.98. The fraction of sp³-hybridized carbons (Fsp3) is 0.179. The SMILES string of the molecule is CCCc1cn(-c2c(OC)cccc2C(=O)O)c(=O)n1Cc1ccc(-c2ccccc2-c2nn[nH]n2)cc1. The van der Waals surface area contributed by atoms with Crippen LogP contribution in [0, 0.1) is 0 Å². The van der Waals surface area contributed by atoms with Gasteiger partial charge in [0.25, 0.3) is 0 Å². The zero-order chi connectivity index (χ0) is 26.6. The number of aryl methyl sites for hydroxylation is 1. The molecule has 10 heteroatoms. The molecule has 0 aliphatic rings. The maximum atomic E-state index is 13.6. The third-order valence-electron chi connectivity index (χ3n) is 6.38. The number of hydrogen-bond donors (Lipinski definition) is 2. The number of para-hydroxylation sites is 1. The van der Waals surface area contributed by atoms with Gasteiger partial charge in [-0.05, 0) is 40.5 Å². The van der Waals surface area contributed by atoms with Gasteiger partial charge in [0.05, 0.1) is 19.2 Å². The van der Waals surface area contributed by atoms with Gasteiger partial charge < -0.3 is 9.84 Å². The molecule has 0 unspecified atom stereocenters. The fourth-order valence-electron chi connectivity index (χ4n) is 4.60. The Balaban J connectivity index is 1.52. The van der Waals surface area contributed by atoms with Crippen molar-refractivity contribution in [2.75, 3.05) is 7.11 Å². The van der Waals surface area contributed by atoms with Gasteiger partial charge in [-0.15, -0.1) is 10.2 Å². The van der Waals surface area contributed by atoms with Gasteiger partial charge in [0.15, 0.2) is 0 Å². The number of carboxylic acid groups (broad SMARTS) is 1. The van der Waals surface area contributed by atoms with Gasteiger partial charge in [-0.2, -0.15) is 5.21 Å². The number of methoxy groups -OCH3 is 1. The molecule has 3 aromatic carbocycles. The molecule has 5 rings (SSSR count). The highest BCUT2D eigenvalue weighted by Gasteiger charge is 2.21. The van der Waals surface area contributed by atoms with Crippen molar-refractivity contribution < 1.29 is 14.6 Å². The van der Waals surface area contributed by atoms with Crippen LogP contribution < -0.4 is 10.4 Å². The average molecular weight is 511 g/mol. The minimum Gasteiger partial charge on any atom is -0.495 e. The van der Waals surface area contributed by atoms with Crippen LogP contribution in [-0.2, 0) is 13.0 Å². The van der Waals surface area contributed by atoms with Gasteiger partial charge >= 0.3 is 11.7 Å².